The molecule has 2 saturated heterocycles. The number of carbonyl (C=O) groups excluding carboxylic acids is 1. The number of nitrogens with one attached hydrogen (secondary N) is 2. The smallest absolute Gasteiger partial charge is 0.315 e. The first-order valence-corrected chi connectivity index (χ1v) is 9.18. The van der Waals surface area contributed by atoms with E-state index in [4.69, 9.17) is 4.74 Å². The lowest BCUT2D eigenvalue weighted by Gasteiger charge is -2.32. The molecule has 3 rings (SSSR count). The Hall–Kier alpha value is -1.59. The summed E-state index contributed by atoms with van der Waals surface area (Å²) in [6, 6.07) is 10.9. The Morgan fingerprint density at radius 1 is 1.08 bits per heavy atom. The Labute approximate surface area is 144 Å². The van der Waals surface area contributed by atoms with Crippen molar-refractivity contribution in [3.05, 3.63) is 35.9 Å². The SMILES string of the molecule is O=C(NCC1CCN(Cc2ccccc2)CC1)NC1CCOCC1. The second-order valence-electron chi connectivity index (χ2n) is 6.95. The van der Waals surface area contributed by atoms with Gasteiger partial charge >= 0.3 is 6.03 Å². The lowest BCUT2D eigenvalue weighted by Crippen LogP contribution is -2.46. The number of likely N-dealkylation sites (tertiary alicyclic amines) is 1. The van der Waals surface area contributed by atoms with E-state index in [1.165, 1.54) is 5.56 Å². The summed E-state index contributed by atoms with van der Waals surface area (Å²) in [6.45, 7) is 5.56. The third kappa shape index (κ3) is 5.49. The zero-order valence-electron chi connectivity index (χ0n) is 14.4. The maximum atomic E-state index is 12.0. The predicted molar refractivity (Wildman–Crippen MR) is 94.8 cm³/mol. The second kappa shape index (κ2) is 9.04. The van der Waals surface area contributed by atoms with Crippen molar-refractivity contribution in [2.45, 2.75) is 38.3 Å². The molecule has 2 aliphatic rings. The van der Waals surface area contributed by atoms with Gasteiger partial charge in [-0.15, -0.1) is 0 Å². The molecule has 1 aromatic rings. The van der Waals surface area contributed by atoms with Crippen molar-refractivity contribution in [1.29, 1.82) is 0 Å². The molecule has 0 spiro atoms. The maximum absolute atomic E-state index is 12.0. The molecular weight excluding hydrogens is 302 g/mol. The number of nitrogens with zero attached hydrogens (tertiary/aromatic N) is 1. The molecule has 0 radical (unpaired) electrons. The average molecular weight is 331 g/mol. The van der Waals surface area contributed by atoms with Gasteiger partial charge in [0.1, 0.15) is 0 Å². The van der Waals surface area contributed by atoms with E-state index in [9.17, 15) is 4.79 Å². The van der Waals surface area contributed by atoms with Crippen LogP contribution in [0.3, 0.4) is 0 Å². The van der Waals surface area contributed by atoms with Crippen LogP contribution in [-0.4, -0.2) is 49.8 Å². The van der Waals surface area contributed by atoms with Crippen LogP contribution in [0.5, 0.6) is 0 Å². The van der Waals surface area contributed by atoms with Crippen LogP contribution in [0.15, 0.2) is 30.3 Å². The summed E-state index contributed by atoms with van der Waals surface area (Å²) in [7, 11) is 0. The van der Waals surface area contributed by atoms with E-state index < -0.39 is 0 Å². The number of hydrogen-bond acceptors (Lipinski definition) is 3. The van der Waals surface area contributed by atoms with Crippen LogP contribution in [0.25, 0.3) is 0 Å². The molecule has 132 valence electrons. The Kier molecular flexibility index (Phi) is 6.49. The number of ether oxygens (including phenoxy) is 1. The monoisotopic (exact) mass is 331 g/mol. The quantitative estimate of drug-likeness (QED) is 0.871. The van der Waals surface area contributed by atoms with E-state index in [1.54, 1.807) is 0 Å². The normalized spacial score (nSPS) is 20.7. The van der Waals surface area contributed by atoms with E-state index in [0.717, 1.165) is 65.1 Å². The Morgan fingerprint density at radius 3 is 2.50 bits per heavy atom. The van der Waals surface area contributed by atoms with Crippen molar-refractivity contribution in [2.75, 3.05) is 32.8 Å². The van der Waals surface area contributed by atoms with Crippen LogP contribution < -0.4 is 10.6 Å². The molecule has 2 aliphatic heterocycles. The van der Waals surface area contributed by atoms with Crippen LogP contribution in [0.1, 0.15) is 31.2 Å². The highest BCUT2D eigenvalue weighted by Crippen LogP contribution is 2.18. The summed E-state index contributed by atoms with van der Waals surface area (Å²) in [4.78, 5) is 14.5. The molecule has 1 aromatic carbocycles. The molecule has 5 heteroatoms. The number of piperidine rings is 1. The summed E-state index contributed by atoms with van der Waals surface area (Å²) >= 11 is 0. The van der Waals surface area contributed by atoms with Crippen molar-refractivity contribution in [3.8, 4) is 0 Å². The number of benzene rings is 1. The van der Waals surface area contributed by atoms with Gasteiger partial charge in [0.05, 0.1) is 0 Å². The zero-order chi connectivity index (χ0) is 16.6. The molecule has 24 heavy (non-hydrogen) atoms. The molecule has 0 aromatic heterocycles. The highest BCUT2D eigenvalue weighted by molar-refractivity contribution is 5.74. The van der Waals surface area contributed by atoms with Gasteiger partial charge in [0, 0.05) is 32.3 Å². The molecule has 0 atom stereocenters. The lowest BCUT2D eigenvalue weighted by atomic mass is 9.96. The standard InChI is InChI=1S/C19H29N3O2/c23-19(21-18-8-12-24-13-9-18)20-14-16-6-10-22(11-7-16)15-17-4-2-1-3-5-17/h1-5,16,18H,6-15H2,(H2,20,21,23). The average Bonchev–Trinajstić information content (AvgIpc) is 2.63. The molecule has 2 heterocycles. The number of rotatable bonds is 5. The summed E-state index contributed by atoms with van der Waals surface area (Å²) in [6.07, 6.45) is 4.16. The van der Waals surface area contributed by atoms with E-state index >= 15 is 0 Å². The molecule has 2 N–H and O–H groups in total. The topological polar surface area (TPSA) is 53.6 Å². The molecule has 0 bridgehead atoms. The zero-order valence-corrected chi connectivity index (χ0v) is 14.4. The molecule has 2 amide bonds. The molecular formula is C19H29N3O2. The fraction of sp³-hybridized carbons (Fsp3) is 0.632. The summed E-state index contributed by atoms with van der Waals surface area (Å²) in [5.41, 5.74) is 1.38. The fourth-order valence-corrected chi connectivity index (χ4v) is 3.51. The van der Waals surface area contributed by atoms with Crippen molar-refractivity contribution >= 4 is 6.03 Å². The van der Waals surface area contributed by atoms with Gasteiger partial charge < -0.3 is 15.4 Å². The van der Waals surface area contributed by atoms with Crippen LogP contribution in [0.4, 0.5) is 4.79 Å². The first kappa shape index (κ1) is 17.2. The van der Waals surface area contributed by atoms with Gasteiger partial charge in [-0.3, -0.25) is 4.90 Å². The van der Waals surface area contributed by atoms with E-state index in [2.05, 4.69) is 45.9 Å². The fourth-order valence-electron chi connectivity index (χ4n) is 3.51. The van der Waals surface area contributed by atoms with Gasteiger partial charge in [0.15, 0.2) is 0 Å². The van der Waals surface area contributed by atoms with E-state index in [0.29, 0.717) is 5.92 Å². The third-order valence-corrected chi connectivity index (χ3v) is 5.06. The third-order valence-electron chi connectivity index (χ3n) is 5.06. The molecule has 0 aliphatic carbocycles. The minimum Gasteiger partial charge on any atom is -0.381 e. The van der Waals surface area contributed by atoms with Gasteiger partial charge in [-0.2, -0.15) is 0 Å². The Bertz CT molecular complexity index is 495. The highest BCUT2D eigenvalue weighted by atomic mass is 16.5. The van der Waals surface area contributed by atoms with Crippen LogP contribution in [-0.2, 0) is 11.3 Å². The van der Waals surface area contributed by atoms with E-state index in [1.807, 2.05) is 0 Å². The van der Waals surface area contributed by atoms with Crippen LogP contribution in [0.2, 0.25) is 0 Å². The predicted octanol–water partition coefficient (Wildman–Crippen LogP) is 2.38. The maximum Gasteiger partial charge on any atom is 0.315 e. The molecule has 5 nitrogen and oxygen atoms in total. The minimum atomic E-state index is -0.0198. The second-order valence-corrected chi connectivity index (χ2v) is 6.95. The van der Waals surface area contributed by atoms with Gasteiger partial charge in [0.2, 0.25) is 0 Å². The van der Waals surface area contributed by atoms with Gasteiger partial charge in [0.25, 0.3) is 0 Å². The van der Waals surface area contributed by atoms with Crippen molar-refractivity contribution in [1.82, 2.24) is 15.5 Å². The van der Waals surface area contributed by atoms with Crippen molar-refractivity contribution in [2.24, 2.45) is 5.92 Å². The van der Waals surface area contributed by atoms with Crippen molar-refractivity contribution in [3.63, 3.8) is 0 Å². The minimum absolute atomic E-state index is 0.0198. The Morgan fingerprint density at radius 2 is 1.79 bits per heavy atom. The largest absolute Gasteiger partial charge is 0.381 e. The number of hydrogen-bond donors (Lipinski definition) is 2. The van der Waals surface area contributed by atoms with E-state index in [-0.39, 0.29) is 12.1 Å². The lowest BCUT2D eigenvalue weighted by molar-refractivity contribution is 0.0799. The number of urea groups is 1. The van der Waals surface area contributed by atoms with Crippen LogP contribution in [0, 0.1) is 5.92 Å². The Balaban J connectivity index is 1.31. The first-order valence-electron chi connectivity index (χ1n) is 9.18. The van der Waals surface area contributed by atoms with Gasteiger partial charge in [-0.25, -0.2) is 4.79 Å². The molecule has 2 fully saturated rings. The summed E-state index contributed by atoms with van der Waals surface area (Å²) in [5.74, 6) is 0.595. The summed E-state index contributed by atoms with van der Waals surface area (Å²) in [5, 5.41) is 6.11. The van der Waals surface area contributed by atoms with Crippen molar-refractivity contribution < 1.29 is 9.53 Å². The highest BCUT2D eigenvalue weighted by Gasteiger charge is 2.21. The number of carbonyl (C=O) groups is 1. The first-order chi connectivity index (χ1) is 11.8. The van der Waals surface area contributed by atoms with Gasteiger partial charge in [-0.05, 0) is 50.3 Å². The summed E-state index contributed by atoms with van der Waals surface area (Å²) < 4.78 is 5.31. The van der Waals surface area contributed by atoms with Gasteiger partial charge in [-0.1, -0.05) is 30.3 Å². The van der Waals surface area contributed by atoms with Crippen LogP contribution >= 0.6 is 0 Å². The molecule has 0 unspecified atom stereocenters. The number of amides is 2. The molecule has 0 saturated carbocycles.